The molecule has 0 aliphatic carbocycles. The molecule has 5 N–H and O–H groups in total. The number of nitrogens with one attached hydrogen (secondary N) is 3. The molecule has 11 heteroatoms. The summed E-state index contributed by atoms with van der Waals surface area (Å²) in [4.78, 5) is 56.7. The molecule has 0 bridgehead atoms. The predicted octanol–water partition coefficient (Wildman–Crippen LogP) is -2.35. The molecule has 0 saturated carbocycles. The van der Waals surface area contributed by atoms with Crippen LogP contribution in [0.2, 0.25) is 0 Å². The second kappa shape index (κ2) is 3.04. The number of hydrogen-bond donors (Lipinski definition) is 5. The van der Waals surface area contributed by atoms with Gasteiger partial charge in [0.15, 0.2) is 11.2 Å². The summed E-state index contributed by atoms with van der Waals surface area (Å²) in [5, 5.41) is 0. The van der Waals surface area contributed by atoms with Crippen LogP contribution in [0.3, 0.4) is 0 Å². The molecule has 2 aromatic rings. The van der Waals surface area contributed by atoms with Crippen molar-refractivity contribution in [1.29, 1.82) is 0 Å². The fourth-order valence-electron chi connectivity index (χ4n) is 1.26. The number of hydrogen-bond acceptors (Lipinski definition) is 4. The molecule has 2 heterocycles. The molecule has 0 atom stereocenters. The fourth-order valence-corrected chi connectivity index (χ4v) is 1.96. The summed E-state index contributed by atoms with van der Waals surface area (Å²) >= 11 is 0. The van der Waals surface area contributed by atoms with Gasteiger partial charge in [0, 0.05) is 0 Å². The van der Waals surface area contributed by atoms with Crippen molar-refractivity contribution in [3.05, 3.63) is 31.3 Å². The number of nitrogens with zero attached hydrogens (tertiary/aromatic N) is 1. The van der Waals surface area contributed by atoms with Gasteiger partial charge in [-0.15, -0.1) is 0 Å². The third-order valence-electron chi connectivity index (χ3n) is 1.82. The van der Waals surface area contributed by atoms with Gasteiger partial charge >= 0.3 is 19.1 Å². The van der Waals surface area contributed by atoms with Crippen molar-refractivity contribution in [2.75, 3.05) is 0 Å². The molecule has 16 heavy (non-hydrogen) atoms. The van der Waals surface area contributed by atoms with Crippen molar-refractivity contribution in [2.45, 2.75) is 0 Å². The van der Waals surface area contributed by atoms with Crippen molar-refractivity contribution in [3.63, 3.8) is 0 Å². The van der Waals surface area contributed by atoms with E-state index in [1.165, 1.54) is 0 Å². The number of fused-ring (bicyclic) bond motifs is 1. The average Bonchev–Trinajstić information content (AvgIpc) is 2.43. The van der Waals surface area contributed by atoms with E-state index in [1.54, 1.807) is 4.98 Å². The molecule has 0 amide bonds. The van der Waals surface area contributed by atoms with E-state index in [9.17, 15) is 18.9 Å². The SMILES string of the molecule is O=c1[nH]c2c(=O)[nH]c(=O)n(P(=O)(O)O)c2[nH]1. The first-order valence-electron chi connectivity index (χ1n) is 3.84. The van der Waals surface area contributed by atoms with E-state index < -0.39 is 35.8 Å². The Kier molecular flexibility index (Phi) is 2.02. The smallest absolute Gasteiger partial charge is 0.308 e. The summed E-state index contributed by atoms with van der Waals surface area (Å²) in [7, 11) is -4.96. The highest BCUT2D eigenvalue weighted by atomic mass is 31.2. The Bertz CT molecular complexity index is 771. The third-order valence-corrected chi connectivity index (χ3v) is 2.72. The minimum atomic E-state index is -4.96. The van der Waals surface area contributed by atoms with Crippen LogP contribution in [0.1, 0.15) is 0 Å². The van der Waals surface area contributed by atoms with E-state index in [4.69, 9.17) is 9.79 Å². The van der Waals surface area contributed by atoms with Gasteiger partial charge in [-0.3, -0.25) is 19.7 Å². The van der Waals surface area contributed by atoms with Crippen LogP contribution in [0, 0.1) is 0 Å². The first kappa shape index (κ1) is 10.6. The molecule has 0 aromatic carbocycles. The summed E-state index contributed by atoms with van der Waals surface area (Å²) in [5.41, 5.74) is -4.06. The Morgan fingerprint density at radius 1 is 1.06 bits per heavy atom. The number of aromatic amines is 3. The highest BCUT2D eigenvalue weighted by molar-refractivity contribution is 7.50. The van der Waals surface area contributed by atoms with Crippen LogP contribution in [-0.4, -0.2) is 29.1 Å². The van der Waals surface area contributed by atoms with Crippen molar-refractivity contribution < 1.29 is 14.4 Å². The number of H-pyrrole nitrogens is 3. The number of aromatic nitrogens is 4. The van der Waals surface area contributed by atoms with E-state index in [0.29, 0.717) is 0 Å². The minimum Gasteiger partial charge on any atom is -0.308 e. The van der Waals surface area contributed by atoms with E-state index in [1.807, 2.05) is 9.97 Å². The van der Waals surface area contributed by atoms with Gasteiger partial charge < -0.3 is 9.79 Å². The zero-order valence-corrected chi connectivity index (χ0v) is 8.32. The molecule has 0 fully saturated rings. The maximum absolute atomic E-state index is 11.2. The molecule has 0 aliphatic heterocycles. The minimum absolute atomic E-state index is 0.00162. The largest absolute Gasteiger partial charge is 0.439 e. The molecule has 86 valence electrons. The zero-order chi connectivity index (χ0) is 12.1. The Morgan fingerprint density at radius 3 is 2.25 bits per heavy atom. The lowest BCUT2D eigenvalue weighted by Gasteiger charge is -2.06. The number of imidazole rings is 1. The van der Waals surface area contributed by atoms with E-state index in [0.717, 1.165) is 0 Å². The standard InChI is InChI=1S/C5H5N4O6P/c10-3-1-2(7-4(11)6-1)9(5(12)8-3)16(13,14)15/h(H2,6,7,11)(H,8,10,12)(H2,13,14,15). The summed E-state index contributed by atoms with van der Waals surface area (Å²) in [6, 6.07) is 0. The molecule has 0 radical (unpaired) electrons. The molecule has 2 aromatic heterocycles. The zero-order valence-electron chi connectivity index (χ0n) is 7.42. The molecule has 2 rings (SSSR count). The van der Waals surface area contributed by atoms with Crippen LogP contribution in [0.5, 0.6) is 0 Å². The van der Waals surface area contributed by atoms with Gasteiger partial charge in [-0.25, -0.2) is 14.2 Å². The molecule has 0 spiro atoms. The lowest BCUT2D eigenvalue weighted by atomic mass is 10.5. The lowest BCUT2D eigenvalue weighted by molar-refractivity contribution is 0.360. The Labute approximate surface area is 84.8 Å². The van der Waals surface area contributed by atoms with Crippen LogP contribution in [0.4, 0.5) is 0 Å². The Hall–Kier alpha value is -1.90. The molecule has 10 nitrogen and oxygen atoms in total. The highest BCUT2D eigenvalue weighted by Gasteiger charge is 2.24. The van der Waals surface area contributed by atoms with Crippen LogP contribution < -0.4 is 16.9 Å². The van der Waals surface area contributed by atoms with Crippen LogP contribution in [0.15, 0.2) is 14.4 Å². The molecule has 0 unspecified atom stereocenters. The van der Waals surface area contributed by atoms with E-state index in [-0.39, 0.29) is 4.34 Å². The topological polar surface area (TPSA) is 161 Å². The van der Waals surface area contributed by atoms with Crippen molar-refractivity contribution in [1.82, 2.24) is 19.3 Å². The first-order chi connectivity index (χ1) is 7.30. The Morgan fingerprint density at radius 2 is 1.69 bits per heavy atom. The average molecular weight is 248 g/mol. The molecule has 0 aliphatic rings. The highest BCUT2D eigenvalue weighted by Crippen LogP contribution is 2.35. The third kappa shape index (κ3) is 1.45. The lowest BCUT2D eigenvalue weighted by Crippen LogP contribution is -2.29. The predicted molar refractivity (Wildman–Crippen MR) is 51.2 cm³/mol. The van der Waals surface area contributed by atoms with E-state index in [2.05, 4.69) is 0 Å². The summed E-state index contributed by atoms with van der Waals surface area (Å²) in [6.07, 6.45) is 0. The second-order valence-corrected chi connectivity index (χ2v) is 4.31. The normalized spacial score (nSPS) is 12.1. The van der Waals surface area contributed by atoms with Gasteiger partial charge in [-0.05, 0) is 0 Å². The van der Waals surface area contributed by atoms with E-state index >= 15 is 0 Å². The van der Waals surface area contributed by atoms with Gasteiger partial charge in [0.25, 0.3) is 5.56 Å². The fraction of sp³-hybridized carbons (Fsp3) is 0. The maximum Gasteiger partial charge on any atom is 0.439 e. The van der Waals surface area contributed by atoms with Crippen LogP contribution in [-0.2, 0) is 4.57 Å². The maximum atomic E-state index is 11.2. The van der Waals surface area contributed by atoms with Crippen molar-refractivity contribution >= 4 is 18.9 Å². The second-order valence-electron chi connectivity index (χ2n) is 2.89. The first-order valence-corrected chi connectivity index (χ1v) is 5.41. The van der Waals surface area contributed by atoms with Gasteiger partial charge in [0.05, 0.1) is 0 Å². The Balaban J connectivity index is 3.17. The van der Waals surface area contributed by atoms with Gasteiger partial charge in [0.2, 0.25) is 0 Å². The van der Waals surface area contributed by atoms with Crippen molar-refractivity contribution in [3.8, 4) is 0 Å². The molecular weight excluding hydrogens is 243 g/mol. The number of rotatable bonds is 1. The van der Waals surface area contributed by atoms with Crippen molar-refractivity contribution in [2.24, 2.45) is 0 Å². The summed E-state index contributed by atoms with van der Waals surface area (Å²) in [6.45, 7) is 0. The van der Waals surface area contributed by atoms with Gasteiger partial charge in [-0.1, -0.05) is 0 Å². The molecular formula is C5H5N4O6P. The molecule has 0 saturated heterocycles. The van der Waals surface area contributed by atoms with Crippen LogP contribution in [0.25, 0.3) is 11.2 Å². The quantitative estimate of drug-likeness (QED) is 0.355. The van der Waals surface area contributed by atoms with Crippen LogP contribution >= 0.6 is 7.75 Å². The summed E-state index contributed by atoms with van der Waals surface area (Å²) in [5.74, 6) is 0. The van der Waals surface area contributed by atoms with Gasteiger partial charge in [-0.2, -0.15) is 4.34 Å². The van der Waals surface area contributed by atoms with Gasteiger partial charge in [0.1, 0.15) is 0 Å². The monoisotopic (exact) mass is 248 g/mol. The summed E-state index contributed by atoms with van der Waals surface area (Å²) < 4.78 is 11.0.